The lowest BCUT2D eigenvalue weighted by atomic mass is 10.0. The summed E-state index contributed by atoms with van der Waals surface area (Å²) in [6.45, 7) is 12.1. The summed E-state index contributed by atoms with van der Waals surface area (Å²) in [5.74, 6) is 0.900. The van der Waals surface area contributed by atoms with Crippen molar-refractivity contribution in [3.8, 4) is 0 Å². The Morgan fingerprint density at radius 3 is 0.775 bits per heavy atom. The molecule has 0 nitrogen and oxygen atoms in total. The molecule has 0 saturated heterocycles. The fourth-order valence-electron chi connectivity index (χ4n) is 6.80. The molecule has 0 fully saturated rings. The van der Waals surface area contributed by atoms with E-state index < -0.39 is 7.26 Å². The normalized spacial score (nSPS) is 11.8. The van der Waals surface area contributed by atoms with Gasteiger partial charge in [0.2, 0.25) is 0 Å². The van der Waals surface area contributed by atoms with Gasteiger partial charge in [-0.15, -0.1) is 0 Å². The summed E-state index contributed by atoms with van der Waals surface area (Å²) in [6, 6.07) is 0. The van der Waals surface area contributed by atoms with Crippen LogP contribution in [-0.2, 0) is 0 Å². The molecule has 0 heterocycles. The quantitative estimate of drug-likeness (QED) is 0.0517. The van der Waals surface area contributed by atoms with E-state index in [9.17, 15) is 0 Å². The fraction of sp³-hybridized carbons (Fsp3) is 1.00. The average Bonchev–Trinajstić information content (AvgIpc) is 2.93. The monoisotopic (exact) mass is 603 g/mol. The minimum absolute atomic E-state index is 0. The van der Waals surface area contributed by atoms with Gasteiger partial charge in [-0.2, -0.15) is 0 Å². The molecular weight excluding hydrogens is 523 g/mol. The molecule has 0 spiro atoms. The van der Waals surface area contributed by atoms with Crippen LogP contribution in [0.15, 0.2) is 0 Å². The molecule has 0 bridgehead atoms. The van der Waals surface area contributed by atoms with E-state index in [0.717, 1.165) is 5.92 Å². The number of unbranched alkanes of at least 4 members (excludes halogenated alkanes) is 26. The maximum Gasteiger partial charge on any atom is 0.0617 e. The van der Waals surface area contributed by atoms with Crippen molar-refractivity contribution in [2.75, 3.05) is 24.6 Å². The van der Waals surface area contributed by atoms with Gasteiger partial charge >= 0.3 is 0 Å². The Balaban J connectivity index is 0. The summed E-state index contributed by atoms with van der Waals surface area (Å²) >= 11 is 0. The third kappa shape index (κ3) is 30.2. The third-order valence-corrected chi connectivity index (χ3v) is 14.8. The van der Waals surface area contributed by atoms with Gasteiger partial charge in [0.15, 0.2) is 0 Å². The molecule has 40 heavy (non-hydrogen) atoms. The maximum atomic E-state index is 2.55. The SMILES string of the molecule is CCCCCCCCCCCCCCCC[P+](CC)(CCCCCCCCCCCCCCCC)CC(C)C.[Cl-]. The van der Waals surface area contributed by atoms with E-state index in [-0.39, 0.29) is 12.4 Å². The van der Waals surface area contributed by atoms with E-state index >= 15 is 0 Å². The number of hydrogen-bond donors (Lipinski definition) is 0. The first-order chi connectivity index (χ1) is 19.1. The summed E-state index contributed by atoms with van der Waals surface area (Å²) in [5, 5.41) is 0. The highest BCUT2D eigenvalue weighted by atomic mass is 35.5. The fourth-order valence-corrected chi connectivity index (χ4v) is 11.6. The van der Waals surface area contributed by atoms with Crippen LogP contribution >= 0.6 is 7.26 Å². The van der Waals surface area contributed by atoms with Gasteiger partial charge in [-0.05, 0) is 38.5 Å². The van der Waals surface area contributed by atoms with Crippen LogP contribution in [0.1, 0.15) is 214 Å². The Bertz CT molecular complexity index is 417. The standard InChI is InChI=1S/C38H80P.ClH/c1-6-9-11-13-15-17-19-21-23-25-27-29-31-33-35-39(8-3,37-38(4)5)36-34-32-30-28-26-24-22-20-18-16-14-12-10-7-2;/h38H,6-37H2,1-5H3;1H/q+1;/p-1. The zero-order chi connectivity index (χ0) is 28.7. The average molecular weight is 603 g/mol. The maximum absolute atomic E-state index is 2.55. The Kier molecular flexibility index (Phi) is 36.7. The second-order valence-corrected chi connectivity index (χ2v) is 18.4. The number of rotatable bonds is 33. The van der Waals surface area contributed by atoms with Crippen molar-refractivity contribution < 1.29 is 12.4 Å². The van der Waals surface area contributed by atoms with E-state index in [4.69, 9.17) is 0 Å². The topological polar surface area (TPSA) is 0 Å². The molecule has 0 aliphatic rings. The van der Waals surface area contributed by atoms with Gasteiger partial charge in [0.25, 0.3) is 0 Å². The number of halogens is 1. The van der Waals surface area contributed by atoms with E-state index in [1.807, 2.05) is 0 Å². The van der Waals surface area contributed by atoms with Gasteiger partial charge in [0.05, 0.1) is 24.6 Å². The molecule has 0 aromatic heterocycles. The first-order valence-electron chi connectivity index (χ1n) is 18.9. The van der Waals surface area contributed by atoms with Crippen LogP contribution in [0.25, 0.3) is 0 Å². The van der Waals surface area contributed by atoms with E-state index in [1.54, 1.807) is 18.5 Å². The van der Waals surface area contributed by atoms with Crippen LogP contribution in [0.3, 0.4) is 0 Å². The van der Waals surface area contributed by atoms with Gasteiger partial charge in [0, 0.05) is 7.26 Å². The van der Waals surface area contributed by atoms with Gasteiger partial charge in [0.1, 0.15) is 0 Å². The zero-order valence-electron chi connectivity index (χ0n) is 29.0. The predicted octanol–water partition coefficient (Wildman–Crippen LogP) is 11.6. The summed E-state index contributed by atoms with van der Waals surface area (Å²) in [7, 11) is -0.702. The van der Waals surface area contributed by atoms with Crippen LogP contribution in [-0.4, -0.2) is 24.6 Å². The minimum atomic E-state index is -0.702. The Labute approximate surface area is 263 Å². The van der Waals surface area contributed by atoms with Gasteiger partial charge in [-0.1, -0.05) is 182 Å². The van der Waals surface area contributed by atoms with Crippen LogP contribution in [0.4, 0.5) is 0 Å². The van der Waals surface area contributed by atoms with Gasteiger partial charge in [-0.3, -0.25) is 0 Å². The van der Waals surface area contributed by atoms with Crippen molar-refractivity contribution in [1.29, 1.82) is 0 Å². The van der Waals surface area contributed by atoms with E-state index in [1.165, 1.54) is 186 Å². The molecule has 244 valence electrons. The van der Waals surface area contributed by atoms with E-state index in [0.29, 0.717) is 0 Å². The lowest BCUT2D eigenvalue weighted by Gasteiger charge is -2.28. The van der Waals surface area contributed by atoms with Crippen molar-refractivity contribution in [1.82, 2.24) is 0 Å². The van der Waals surface area contributed by atoms with Crippen molar-refractivity contribution in [2.45, 2.75) is 214 Å². The zero-order valence-corrected chi connectivity index (χ0v) is 30.7. The molecule has 0 rings (SSSR count). The Morgan fingerprint density at radius 2 is 0.575 bits per heavy atom. The summed E-state index contributed by atoms with van der Waals surface area (Å²) in [4.78, 5) is 0. The first kappa shape index (κ1) is 42.9. The molecule has 0 N–H and O–H groups in total. The van der Waals surface area contributed by atoms with Crippen LogP contribution < -0.4 is 12.4 Å². The minimum Gasteiger partial charge on any atom is -1.00 e. The lowest BCUT2D eigenvalue weighted by Crippen LogP contribution is -3.00. The largest absolute Gasteiger partial charge is 1.00 e. The molecule has 2 heteroatoms. The van der Waals surface area contributed by atoms with Gasteiger partial charge in [-0.25, -0.2) is 0 Å². The predicted molar refractivity (Wildman–Crippen MR) is 188 cm³/mol. The molecule has 0 aliphatic heterocycles. The van der Waals surface area contributed by atoms with Crippen LogP contribution in [0.5, 0.6) is 0 Å². The summed E-state index contributed by atoms with van der Waals surface area (Å²) in [5.41, 5.74) is 0. The highest BCUT2D eigenvalue weighted by molar-refractivity contribution is 7.75. The molecule has 0 aliphatic carbocycles. The van der Waals surface area contributed by atoms with Crippen LogP contribution in [0.2, 0.25) is 0 Å². The van der Waals surface area contributed by atoms with Crippen molar-refractivity contribution in [3.05, 3.63) is 0 Å². The van der Waals surface area contributed by atoms with Gasteiger partial charge < -0.3 is 12.4 Å². The first-order valence-corrected chi connectivity index (χ1v) is 21.5. The highest BCUT2D eigenvalue weighted by Crippen LogP contribution is 2.61. The molecule has 0 aromatic rings. The third-order valence-electron chi connectivity index (χ3n) is 9.40. The molecule has 0 saturated carbocycles. The molecule has 0 aromatic carbocycles. The van der Waals surface area contributed by atoms with Crippen molar-refractivity contribution in [2.24, 2.45) is 5.92 Å². The molecule has 0 radical (unpaired) electrons. The summed E-state index contributed by atoms with van der Waals surface area (Å²) in [6.07, 6.45) is 47.8. The second kappa shape index (κ2) is 34.2. The Hall–Kier alpha value is 0.720. The molecule has 0 atom stereocenters. The molecular formula is C38H80ClP. The lowest BCUT2D eigenvalue weighted by molar-refractivity contribution is -0.00000902. The van der Waals surface area contributed by atoms with Crippen molar-refractivity contribution in [3.63, 3.8) is 0 Å². The van der Waals surface area contributed by atoms with E-state index in [2.05, 4.69) is 34.6 Å². The molecule has 0 unspecified atom stereocenters. The Morgan fingerprint density at radius 1 is 0.350 bits per heavy atom. The van der Waals surface area contributed by atoms with Crippen molar-refractivity contribution >= 4 is 7.26 Å². The number of hydrogen-bond acceptors (Lipinski definition) is 0. The second-order valence-electron chi connectivity index (χ2n) is 13.9. The van der Waals surface area contributed by atoms with Crippen LogP contribution in [0, 0.1) is 5.92 Å². The summed E-state index contributed by atoms with van der Waals surface area (Å²) < 4.78 is 0. The molecule has 0 amide bonds. The highest BCUT2D eigenvalue weighted by Gasteiger charge is 2.34. The smallest absolute Gasteiger partial charge is 0.0617 e.